The first-order valence-corrected chi connectivity index (χ1v) is 7.27. The maximum atomic E-state index is 5.51. The van der Waals surface area contributed by atoms with Crippen molar-refractivity contribution in [3.05, 3.63) is 50.7 Å². The monoisotopic (exact) mass is 275 g/mol. The molecule has 0 bridgehead atoms. The predicted octanol–water partition coefficient (Wildman–Crippen LogP) is 3.99. The third-order valence-corrected chi connectivity index (χ3v) is 4.67. The number of rotatable bonds is 4. The van der Waals surface area contributed by atoms with Gasteiger partial charge in [0, 0.05) is 15.3 Å². The van der Waals surface area contributed by atoms with Gasteiger partial charge in [0.05, 0.1) is 13.2 Å². The van der Waals surface area contributed by atoms with E-state index in [0.717, 1.165) is 5.75 Å². The van der Waals surface area contributed by atoms with Crippen LogP contribution in [0.3, 0.4) is 0 Å². The molecule has 1 aromatic heterocycles. The molecule has 0 fully saturated rings. The van der Waals surface area contributed by atoms with Crippen LogP contribution in [0.25, 0.3) is 0 Å². The number of aryl methyl sites for hydroxylation is 3. The van der Waals surface area contributed by atoms with E-state index in [1.807, 2.05) is 24.5 Å². The lowest BCUT2D eigenvalue weighted by atomic mass is 10.0. The molecule has 1 unspecified atom stereocenters. The molecule has 1 heterocycles. The van der Waals surface area contributed by atoms with Crippen LogP contribution >= 0.6 is 11.3 Å². The number of hydrogen-bond donors (Lipinski definition) is 1. The van der Waals surface area contributed by atoms with Gasteiger partial charge < -0.3 is 10.1 Å². The van der Waals surface area contributed by atoms with Gasteiger partial charge in [-0.15, -0.1) is 11.3 Å². The lowest BCUT2D eigenvalue weighted by molar-refractivity contribution is 0.405. The molecule has 0 amide bonds. The van der Waals surface area contributed by atoms with Crippen LogP contribution in [0.1, 0.15) is 32.5 Å². The Bertz CT molecular complexity index is 555. The van der Waals surface area contributed by atoms with E-state index in [0.29, 0.717) is 0 Å². The van der Waals surface area contributed by atoms with E-state index >= 15 is 0 Å². The molecule has 1 N–H and O–H groups in total. The van der Waals surface area contributed by atoms with Gasteiger partial charge in [-0.3, -0.25) is 0 Å². The zero-order valence-electron chi connectivity index (χ0n) is 12.2. The van der Waals surface area contributed by atoms with Crippen molar-refractivity contribution in [1.82, 2.24) is 5.32 Å². The summed E-state index contributed by atoms with van der Waals surface area (Å²) in [5, 5.41) is 3.41. The minimum Gasteiger partial charge on any atom is -0.496 e. The molecule has 0 aliphatic heterocycles. The zero-order valence-corrected chi connectivity index (χ0v) is 13.0. The van der Waals surface area contributed by atoms with Gasteiger partial charge in [0.2, 0.25) is 0 Å². The Morgan fingerprint density at radius 3 is 2.42 bits per heavy atom. The van der Waals surface area contributed by atoms with Gasteiger partial charge in [-0.05, 0) is 45.5 Å². The van der Waals surface area contributed by atoms with Crippen molar-refractivity contribution in [3.63, 3.8) is 0 Å². The Labute approximate surface area is 119 Å². The van der Waals surface area contributed by atoms with E-state index in [2.05, 4.69) is 44.3 Å². The molecule has 0 spiro atoms. The third-order valence-electron chi connectivity index (χ3n) is 3.45. The van der Waals surface area contributed by atoms with Gasteiger partial charge in [-0.1, -0.05) is 17.7 Å². The highest BCUT2D eigenvalue weighted by atomic mass is 32.1. The fraction of sp³-hybridized carbons (Fsp3) is 0.375. The van der Waals surface area contributed by atoms with Crippen LogP contribution in [0.15, 0.2) is 24.3 Å². The highest BCUT2D eigenvalue weighted by molar-refractivity contribution is 7.12. The normalized spacial score (nSPS) is 12.5. The third kappa shape index (κ3) is 2.82. The Hall–Kier alpha value is -1.32. The summed E-state index contributed by atoms with van der Waals surface area (Å²) in [6.45, 7) is 6.44. The van der Waals surface area contributed by atoms with Gasteiger partial charge >= 0.3 is 0 Å². The summed E-state index contributed by atoms with van der Waals surface area (Å²) < 4.78 is 5.51. The van der Waals surface area contributed by atoms with Crippen molar-refractivity contribution in [2.24, 2.45) is 0 Å². The SMILES string of the molecule is CNC(c1cc(C)c(C)s1)c1cc(C)ccc1OC. The second-order valence-electron chi connectivity index (χ2n) is 4.86. The molecule has 1 atom stereocenters. The summed E-state index contributed by atoms with van der Waals surface area (Å²) in [6, 6.07) is 8.78. The van der Waals surface area contributed by atoms with E-state index < -0.39 is 0 Å². The highest BCUT2D eigenvalue weighted by Crippen LogP contribution is 2.35. The predicted molar refractivity (Wildman–Crippen MR) is 82.4 cm³/mol. The van der Waals surface area contributed by atoms with E-state index in [-0.39, 0.29) is 6.04 Å². The minimum absolute atomic E-state index is 0.187. The van der Waals surface area contributed by atoms with E-state index in [4.69, 9.17) is 4.74 Å². The first-order valence-electron chi connectivity index (χ1n) is 6.45. The summed E-state index contributed by atoms with van der Waals surface area (Å²) in [5.41, 5.74) is 3.80. The Kier molecular flexibility index (Phi) is 4.27. The van der Waals surface area contributed by atoms with E-state index in [1.54, 1.807) is 7.11 Å². The summed E-state index contributed by atoms with van der Waals surface area (Å²) in [7, 11) is 3.72. The van der Waals surface area contributed by atoms with Gasteiger partial charge in [-0.2, -0.15) is 0 Å². The number of nitrogens with one attached hydrogen (secondary N) is 1. The molecule has 3 heteroatoms. The Balaban J connectivity index is 2.50. The Morgan fingerprint density at radius 2 is 1.89 bits per heavy atom. The molecule has 2 aromatic rings. The molecule has 0 saturated carbocycles. The lowest BCUT2D eigenvalue weighted by Gasteiger charge is -2.19. The fourth-order valence-electron chi connectivity index (χ4n) is 2.27. The molecular weight excluding hydrogens is 254 g/mol. The average Bonchev–Trinajstić information content (AvgIpc) is 2.70. The molecular formula is C16H21NOS. The molecule has 0 aliphatic carbocycles. The van der Waals surface area contributed by atoms with E-state index in [1.165, 1.54) is 26.4 Å². The Morgan fingerprint density at radius 1 is 1.16 bits per heavy atom. The number of thiophene rings is 1. The minimum atomic E-state index is 0.187. The fourth-order valence-corrected chi connectivity index (χ4v) is 3.45. The van der Waals surface area contributed by atoms with E-state index in [9.17, 15) is 0 Å². The molecule has 2 nitrogen and oxygen atoms in total. The molecule has 0 aliphatic rings. The van der Waals surface area contributed by atoms with Crippen LogP contribution < -0.4 is 10.1 Å². The lowest BCUT2D eigenvalue weighted by Crippen LogP contribution is -2.17. The smallest absolute Gasteiger partial charge is 0.124 e. The van der Waals surface area contributed by atoms with Gasteiger partial charge in [0.15, 0.2) is 0 Å². The number of benzene rings is 1. The van der Waals surface area contributed by atoms with Crippen LogP contribution in [0, 0.1) is 20.8 Å². The summed E-state index contributed by atoms with van der Waals surface area (Å²) in [4.78, 5) is 2.71. The van der Waals surface area contributed by atoms with Crippen molar-refractivity contribution >= 4 is 11.3 Å². The van der Waals surface area contributed by atoms with Gasteiger partial charge in [0.25, 0.3) is 0 Å². The maximum Gasteiger partial charge on any atom is 0.124 e. The van der Waals surface area contributed by atoms with Crippen molar-refractivity contribution in [3.8, 4) is 5.75 Å². The quantitative estimate of drug-likeness (QED) is 0.911. The molecule has 1 aromatic carbocycles. The van der Waals surface area contributed by atoms with Crippen molar-refractivity contribution in [2.75, 3.05) is 14.2 Å². The second-order valence-corrected chi connectivity index (χ2v) is 6.14. The maximum absolute atomic E-state index is 5.51. The average molecular weight is 275 g/mol. The summed E-state index contributed by atoms with van der Waals surface area (Å²) >= 11 is 1.85. The van der Waals surface area contributed by atoms with Crippen molar-refractivity contribution in [1.29, 1.82) is 0 Å². The molecule has 0 saturated heterocycles. The molecule has 0 radical (unpaired) electrons. The van der Waals surface area contributed by atoms with Crippen molar-refractivity contribution in [2.45, 2.75) is 26.8 Å². The van der Waals surface area contributed by atoms with Gasteiger partial charge in [-0.25, -0.2) is 0 Å². The standard InChI is InChI=1S/C16H21NOS/c1-10-6-7-14(18-5)13(8-10)16(17-4)15-9-11(2)12(3)19-15/h6-9,16-17H,1-5H3. The van der Waals surface area contributed by atoms with Crippen molar-refractivity contribution < 1.29 is 4.74 Å². The second kappa shape index (κ2) is 5.76. The summed E-state index contributed by atoms with van der Waals surface area (Å²) in [6.07, 6.45) is 0. The van der Waals surface area contributed by atoms with Crippen LogP contribution in [0.4, 0.5) is 0 Å². The van der Waals surface area contributed by atoms with Crippen LogP contribution in [-0.4, -0.2) is 14.2 Å². The largest absolute Gasteiger partial charge is 0.496 e. The first kappa shape index (κ1) is 14.1. The molecule has 19 heavy (non-hydrogen) atoms. The highest BCUT2D eigenvalue weighted by Gasteiger charge is 2.19. The summed E-state index contributed by atoms with van der Waals surface area (Å²) in [5.74, 6) is 0.939. The number of hydrogen-bond acceptors (Lipinski definition) is 3. The van der Waals surface area contributed by atoms with Crippen LogP contribution in [-0.2, 0) is 0 Å². The number of ether oxygens (including phenoxy) is 1. The zero-order chi connectivity index (χ0) is 14.0. The number of methoxy groups -OCH3 is 1. The molecule has 102 valence electrons. The molecule has 2 rings (SSSR count). The van der Waals surface area contributed by atoms with Gasteiger partial charge in [0.1, 0.15) is 5.75 Å². The first-order chi connectivity index (χ1) is 9.06. The van der Waals surface area contributed by atoms with Crippen LogP contribution in [0.5, 0.6) is 5.75 Å². The topological polar surface area (TPSA) is 21.3 Å². The van der Waals surface area contributed by atoms with Crippen LogP contribution in [0.2, 0.25) is 0 Å².